The van der Waals surface area contributed by atoms with Crippen molar-refractivity contribution in [2.75, 3.05) is 26.4 Å². The van der Waals surface area contributed by atoms with Crippen LogP contribution in [0, 0.1) is 11.3 Å². The highest BCUT2D eigenvalue weighted by molar-refractivity contribution is 5.31. The summed E-state index contributed by atoms with van der Waals surface area (Å²) in [5.74, 6) is 0. The summed E-state index contributed by atoms with van der Waals surface area (Å²) in [5.41, 5.74) is 1.86. The quantitative estimate of drug-likeness (QED) is 0.843. The van der Waals surface area contributed by atoms with E-state index in [1.165, 1.54) is 5.56 Å². The van der Waals surface area contributed by atoms with Gasteiger partial charge in [-0.15, -0.1) is 0 Å². The van der Waals surface area contributed by atoms with Crippen molar-refractivity contribution in [3.63, 3.8) is 0 Å². The number of nitrogens with one attached hydrogen (secondary N) is 1. The number of nitriles is 1. The van der Waals surface area contributed by atoms with Crippen LogP contribution in [-0.4, -0.2) is 32.5 Å². The van der Waals surface area contributed by atoms with Crippen molar-refractivity contribution in [2.24, 2.45) is 0 Å². The Bertz CT molecular complexity index is 377. The van der Waals surface area contributed by atoms with Crippen molar-refractivity contribution in [3.05, 3.63) is 35.4 Å². The maximum absolute atomic E-state index is 8.68. The molecule has 1 aromatic rings. The average Bonchev–Trinajstić information content (AvgIpc) is 2.41. The lowest BCUT2D eigenvalue weighted by atomic mass is 10.1. The maximum Gasteiger partial charge on any atom is 0.0991 e. The van der Waals surface area contributed by atoms with Gasteiger partial charge in [0.2, 0.25) is 0 Å². The minimum atomic E-state index is 0.155. The summed E-state index contributed by atoms with van der Waals surface area (Å²) >= 11 is 0. The van der Waals surface area contributed by atoms with Crippen molar-refractivity contribution >= 4 is 0 Å². The minimum absolute atomic E-state index is 0.155. The molecule has 4 heteroatoms. The van der Waals surface area contributed by atoms with Gasteiger partial charge in [-0.1, -0.05) is 12.1 Å². The lowest BCUT2D eigenvalue weighted by molar-refractivity contribution is -0.0864. The first-order valence-electron chi connectivity index (χ1n) is 5.77. The Balaban J connectivity index is 1.72. The first kappa shape index (κ1) is 12.1. The lowest BCUT2D eigenvalue weighted by Crippen LogP contribution is -2.37. The maximum atomic E-state index is 8.68. The summed E-state index contributed by atoms with van der Waals surface area (Å²) in [4.78, 5) is 0. The minimum Gasteiger partial charge on any atom is -0.376 e. The molecule has 1 N–H and O–H groups in total. The fourth-order valence-corrected chi connectivity index (χ4v) is 1.73. The number of hydrogen-bond donors (Lipinski definition) is 1. The molecular weight excluding hydrogens is 216 g/mol. The smallest absolute Gasteiger partial charge is 0.0991 e. The largest absolute Gasteiger partial charge is 0.376 e. The predicted molar refractivity (Wildman–Crippen MR) is 63.4 cm³/mol. The number of benzene rings is 1. The van der Waals surface area contributed by atoms with Gasteiger partial charge in [0.05, 0.1) is 37.6 Å². The molecule has 1 aromatic carbocycles. The van der Waals surface area contributed by atoms with Crippen LogP contribution in [0.25, 0.3) is 0 Å². The van der Waals surface area contributed by atoms with Crippen molar-refractivity contribution in [2.45, 2.75) is 12.6 Å². The molecule has 0 aromatic heterocycles. The normalized spacial score (nSPS) is 19.8. The molecule has 0 radical (unpaired) electrons. The van der Waals surface area contributed by atoms with Crippen molar-refractivity contribution in [3.8, 4) is 6.07 Å². The van der Waals surface area contributed by atoms with E-state index in [-0.39, 0.29) is 6.10 Å². The van der Waals surface area contributed by atoms with E-state index >= 15 is 0 Å². The molecule has 17 heavy (non-hydrogen) atoms. The van der Waals surface area contributed by atoms with Crippen LogP contribution in [0.3, 0.4) is 0 Å². The summed E-state index contributed by atoms with van der Waals surface area (Å²) in [6.45, 7) is 3.63. The van der Waals surface area contributed by atoms with Crippen molar-refractivity contribution < 1.29 is 9.47 Å². The second-order valence-corrected chi connectivity index (χ2v) is 4.01. The molecule has 2 rings (SSSR count). The van der Waals surface area contributed by atoms with Gasteiger partial charge in [0, 0.05) is 13.1 Å². The summed E-state index contributed by atoms with van der Waals surface area (Å²) in [6.07, 6.45) is 0.155. The molecule has 1 unspecified atom stereocenters. The highest BCUT2D eigenvalue weighted by atomic mass is 16.6. The Kier molecular flexibility index (Phi) is 4.51. The van der Waals surface area contributed by atoms with E-state index in [9.17, 15) is 0 Å². The average molecular weight is 232 g/mol. The molecule has 1 aliphatic rings. The third-order valence-corrected chi connectivity index (χ3v) is 2.67. The van der Waals surface area contributed by atoms with Gasteiger partial charge in [-0.05, 0) is 17.7 Å². The number of rotatable bonds is 4. The zero-order chi connectivity index (χ0) is 11.9. The SMILES string of the molecule is N#Cc1ccc(CNCC2COCCO2)cc1. The zero-order valence-electron chi connectivity index (χ0n) is 9.69. The Labute approximate surface area is 101 Å². The summed E-state index contributed by atoms with van der Waals surface area (Å²) in [6, 6.07) is 9.69. The van der Waals surface area contributed by atoms with Gasteiger partial charge >= 0.3 is 0 Å². The highest BCUT2D eigenvalue weighted by Gasteiger charge is 2.13. The molecule has 0 saturated carbocycles. The van der Waals surface area contributed by atoms with Gasteiger partial charge in [-0.2, -0.15) is 5.26 Å². The van der Waals surface area contributed by atoms with Gasteiger partial charge < -0.3 is 14.8 Å². The molecule has 1 fully saturated rings. The summed E-state index contributed by atoms with van der Waals surface area (Å²) in [7, 11) is 0. The van der Waals surface area contributed by atoms with Gasteiger partial charge in [-0.25, -0.2) is 0 Å². The van der Waals surface area contributed by atoms with E-state index in [4.69, 9.17) is 14.7 Å². The third-order valence-electron chi connectivity index (χ3n) is 2.67. The third kappa shape index (κ3) is 3.82. The van der Waals surface area contributed by atoms with E-state index in [1.807, 2.05) is 24.3 Å². The van der Waals surface area contributed by atoms with Gasteiger partial charge in [0.1, 0.15) is 0 Å². The Morgan fingerprint density at radius 2 is 2.12 bits per heavy atom. The molecule has 0 bridgehead atoms. The van der Waals surface area contributed by atoms with Crippen LogP contribution in [-0.2, 0) is 16.0 Å². The van der Waals surface area contributed by atoms with Gasteiger partial charge in [0.15, 0.2) is 0 Å². The number of hydrogen-bond acceptors (Lipinski definition) is 4. The second kappa shape index (κ2) is 6.36. The zero-order valence-corrected chi connectivity index (χ0v) is 9.69. The monoisotopic (exact) mass is 232 g/mol. The standard InChI is InChI=1S/C13H16N2O2/c14-7-11-1-3-12(4-2-11)8-15-9-13-10-16-5-6-17-13/h1-4,13,15H,5-6,8-10H2. The lowest BCUT2D eigenvalue weighted by Gasteiger charge is -2.23. The molecule has 90 valence electrons. The summed E-state index contributed by atoms with van der Waals surface area (Å²) < 4.78 is 10.8. The van der Waals surface area contributed by atoms with E-state index in [1.54, 1.807) is 0 Å². The number of nitrogens with zero attached hydrogens (tertiary/aromatic N) is 1. The van der Waals surface area contributed by atoms with Crippen LogP contribution < -0.4 is 5.32 Å². The van der Waals surface area contributed by atoms with Crippen LogP contribution >= 0.6 is 0 Å². The van der Waals surface area contributed by atoms with Crippen LogP contribution in [0.5, 0.6) is 0 Å². The molecule has 0 spiro atoms. The Hall–Kier alpha value is -1.41. The van der Waals surface area contributed by atoms with E-state index < -0.39 is 0 Å². The Morgan fingerprint density at radius 1 is 1.29 bits per heavy atom. The predicted octanol–water partition coefficient (Wildman–Crippen LogP) is 1.06. The van der Waals surface area contributed by atoms with Crippen LogP contribution in [0.4, 0.5) is 0 Å². The van der Waals surface area contributed by atoms with Crippen LogP contribution in [0.2, 0.25) is 0 Å². The van der Waals surface area contributed by atoms with Crippen LogP contribution in [0.1, 0.15) is 11.1 Å². The molecule has 1 aliphatic heterocycles. The van der Waals surface area contributed by atoms with E-state index in [0.29, 0.717) is 25.4 Å². The molecule has 1 atom stereocenters. The fraction of sp³-hybridized carbons (Fsp3) is 0.462. The highest BCUT2D eigenvalue weighted by Crippen LogP contribution is 2.04. The fourth-order valence-electron chi connectivity index (χ4n) is 1.73. The topological polar surface area (TPSA) is 54.3 Å². The number of ether oxygens (including phenoxy) is 2. The Morgan fingerprint density at radius 3 is 2.76 bits per heavy atom. The molecule has 4 nitrogen and oxygen atoms in total. The summed E-state index contributed by atoms with van der Waals surface area (Å²) in [5, 5.41) is 12.0. The van der Waals surface area contributed by atoms with Crippen molar-refractivity contribution in [1.29, 1.82) is 5.26 Å². The van der Waals surface area contributed by atoms with Crippen molar-refractivity contribution in [1.82, 2.24) is 5.32 Å². The van der Waals surface area contributed by atoms with E-state index in [2.05, 4.69) is 11.4 Å². The molecule has 0 amide bonds. The van der Waals surface area contributed by atoms with Gasteiger partial charge in [-0.3, -0.25) is 0 Å². The molecule has 1 saturated heterocycles. The van der Waals surface area contributed by atoms with E-state index in [0.717, 1.165) is 13.1 Å². The van der Waals surface area contributed by atoms with Gasteiger partial charge in [0.25, 0.3) is 0 Å². The van der Waals surface area contributed by atoms with Crippen LogP contribution in [0.15, 0.2) is 24.3 Å². The first-order valence-corrected chi connectivity index (χ1v) is 5.77. The molecule has 0 aliphatic carbocycles. The molecule has 1 heterocycles. The molecular formula is C13H16N2O2. The second-order valence-electron chi connectivity index (χ2n) is 4.01. The first-order chi connectivity index (χ1) is 8.38.